The molecular weight excluding hydrogens is 186 g/mol. The molecule has 1 saturated heterocycles. The van der Waals surface area contributed by atoms with Crippen LogP contribution in [-0.2, 0) is 9.84 Å². The van der Waals surface area contributed by atoms with Crippen LogP contribution < -0.4 is 5.32 Å². The molecule has 1 aliphatic carbocycles. The van der Waals surface area contributed by atoms with Crippen molar-refractivity contribution in [2.75, 3.05) is 18.1 Å². The number of rotatable bonds is 4. The molecule has 1 aliphatic heterocycles. The number of sulfone groups is 1. The SMILES string of the molecule is O=S1(=O)CCC(NCCC2CC2)C1. The molecule has 0 aromatic rings. The van der Waals surface area contributed by atoms with E-state index in [-0.39, 0.29) is 6.04 Å². The van der Waals surface area contributed by atoms with Gasteiger partial charge in [-0.1, -0.05) is 12.8 Å². The van der Waals surface area contributed by atoms with E-state index in [4.69, 9.17) is 0 Å². The summed E-state index contributed by atoms with van der Waals surface area (Å²) in [6, 6.07) is 0.240. The molecule has 2 fully saturated rings. The average molecular weight is 203 g/mol. The first-order valence-electron chi connectivity index (χ1n) is 5.09. The summed E-state index contributed by atoms with van der Waals surface area (Å²) in [6.07, 6.45) is 4.80. The Bertz CT molecular complexity index is 269. The van der Waals surface area contributed by atoms with E-state index in [1.807, 2.05) is 0 Å². The van der Waals surface area contributed by atoms with Gasteiger partial charge >= 0.3 is 0 Å². The average Bonchev–Trinajstić information content (AvgIpc) is 2.78. The van der Waals surface area contributed by atoms with Crippen molar-refractivity contribution in [3.63, 3.8) is 0 Å². The Morgan fingerprint density at radius 2 is 2.00 bits per heavy atom. The Balaban J connectivity index is 1.65. The molecule has 1 N–H and O–H groups in total. The highest BCUT2D eigenvalue weighted by molar-refractivity contribution is 7.91. The van der Waals surface area contributed by atoms with Crippen LogP contribution in [0.15, 0.2) is 0 Å². The Morgan fingerprint density at radius 1 is 1.23 bits per heavy atom. The Kier molecular flexibility index (Phi) is 2.60. The van der Waals surface area contributed by atoms with Gasteiger partial charge in [-0.2, -0.15) is 0 Å². The van der Waals surface area contributed by atoms with E-state index in [9.17, 15) is 8.42 Å². The molecule has 1 atom stereocenters. The van der Waals surface area contributed by atoms with E-state index in [1.54, 1.807) is 0 Å². The predicted octanol–water partition coefficient (Wildman–Crippen LogP) is 0.563. The maximum Gasteiger partial charge on any atom is 0.151 e. The van der Waals surface area contributed by atoms with Gasteiger partial charge in [-0.15, -0.1) is 0 Å². The van der Waals surface area contributed by atoms with Gasteiger partial charge in [-0.25, -0.2) is 8.42 Å². The van der Waals surface area contributed by atoms with Crippen LogP contribution in [0.4, 0.5) is 0 Å². The molecule has 0 spiro atoms. The molecule has 3 nitrogen and oxygen atoms in total. The van der Waals surface area contributed by atoms with Crippen LogP contribution in [0.3, 0.4) is 0 Å². The minimum atomic E-state index is -2.69. The monoisotopic (exact) mass is 203 g/mol. The first-order valence-corrected chi connectivity index (χ1v) is 6.92. The van der Waals surface area contributed by atoms with Crippen LogP contribution in [0.2, 0.25) is 0 Å². The first kappa shape index (κ1) is 9.46. The van der Waals surface area contributed by atoms with E-state index in [0.717, 1.165) is 18.9 Å². The van der Waals surface area contributed by atoms with Crippen molar-refractivity contribution in [3.05, 3.63) is 0 Å². The van der Waals surface area contributed by atoms with Crippen molar-refractivity contribution >= 4 is 9.84 Å². The quantitative estimate of drug-likeness (QED) is 0.726. The van der Waals surface area contributed by atoms with Crippen molar-refractivity contribution in [1.29, 1.82) is 0 Å². The zero-order chi connectivity index (χ0) is 9.31. The van der Waals surface area contributed by atoms with Gasteiger partial charge in [0, 0.05) is 6.04 Å². The topological polar surface area (TPSA) is 46.2 Å². The fourth-order valence-corrected chi connectivity index (χ4v) is 3.56. The summed E-state index contributed by atoms with van der Waals surface area (Å²) in [7, 11) is -2.69. The van der Waals surface area contributed by atoms with E-state index >= 15 is 0 Å². The third-order valence-corrected chi connectivity index (χ3v) is 4.68. The lowest BCUT2D eigenvalue weighted by Crippen LogP contribution is -2.30. The number of hydrogen-bond donors (Lipinski definition) is 1. The summed E-state index contributed by atoms with van der Waals surface area (Å²) >= 11 is 0. The molecule has 0 aromatic carbocycles. The highest BCUT2D eigenvalue weighted by Gasteiger charge is 2.28. The molecule has 0 aromatic heterocycles. The van der Waals surface area contributed by atoms with Gasteiger partial charge in [0.05, 0.1) is 11.5 Å². The molecular formula is C9H17NO2S. The zero-order valence-corrected chi connectivity index (χ0v) is 8.65. The smallest absolute Gasteiger partial charge is 0.151 e. The second kappa shape index (κ2) is 3.58. The molecule has 2 rings (SSSR count). The second-order valence-corrected chi connectivity index (χ2v) is 6.51. The van der Waals surface area contributed by atoms with Gasteiger partial charge in [0.15, 0.2) is 9.84 Å². The maximum atomic E-state index is 11.1. The van der Waals surface area contributed by atoms with E-state index in [2.05, 4.69) is 5.32 Å². The number of hydrogen-bond acceptors (Lipinski definition) is 3. The van der Waals surface area contributed by atoms with Gasteiger partial charge < -0.3 is 5.32 Å². The van der Waals surface area contributed by atoms with Crippen molar-refractivity contribution in [1.82, 2.24) is 5.32 Å². The molecule has 0 amide bonds. The van der Waals surface area contributed by atoms with Crippen molar-refractivity contribution in [2.24, 2.45) is 5.92 Å². The summed E-state index contributed by atoms with van der Waals surface area (Å²) in [6.45, 7) is 1.00. The third-order valence-electron chi connectivity index (χ3n) is 2.91. The zero-order valence-electron chi connectivity index (χ0n) is 7.83. The minimum Gasteiger partial charge on any atom is -0.313 e. The fourth-order valence-electron chi connectivity index (χ4n) is 1.85. The Labute approximate surface area is 79.8 Å². The van der Waals surface area contributed by atoms with Crippen molar-refractivity contribution in [3.8, 4) is 0 Å². The van der Waals surface area contributed by atoms with Crippen LogP contribution in [0, 0.1) is 5.92 Å². The normalized spacial score (nSPS) is 32.2. The second-order valence-electron chi connectivity index (χ2n) is 4.29. The highest BCUT2D eigenvalue weighted by Crippen LogP contribution is 2.31. The van der Waals surface area contributed by atoms with E-state index < -0.39 is 9.84 Å². The maximum absolute atomic E-state index is 11.1. The summed E-state index contributed by atoms with van der Waals surface area (Å²) < 4.78 is 22.2. The predicted molar refractivity (Wildman–Crippen MR) is 52.4 cm³/mol. The molecule has 4 heteroatoms. The summed E-state index contributed by atoms with van der Waals surface area (Å²) in [5, 5.41) is 3.33. The first-order chi connectivity index (χ1) is 6.16. The molecule has 2 aliphatic rings. The van der Waals surface area contributed by atoms with Crippen molar-refractivity contribution in [2.45, 2.75) is 31.7 Å². The summed E-state index contributed by atoms with van der Waals surface area (Å²) in [5.41, 5.74) is 0. The van der Waals surface area contributed by atoms with Gasteiger partial charge in [-0.3, -0.25) is 0 Å². The van der Waals surface area contributed by atoms with Crippen molar-refractivity contribution < 1.29 is 8.42 Å². The molecule has 0 radical (unpaired) electrons. The third kappa shape index (κ3) is 2.95. The van der Waals surface area contributed by atoms with Crippen LogP contribution in [0.5, 0.6) is 0 Å². The summed E-state index contributed by atoms with van der Waals surface area (Å²) in [5.74, 6) is 1.68. The Hall–Kier alpha value is -0.0900. The molecule has 1 unspecified atom stereocenters. The molecule has 1 saturated carbocycles. The standard InChI is InChI=1S/C9H17NO2S/c11-13(12)6-4-9(7-13)10-5-3-8-1-2-8/h8-10H,1-7H2. The van der Waals surface area contributed by atoms with Gasteiger partial charge in [0.25, 0.3) is 0 Å². The van der Waals surface area contributed by atoms with E-state index in [1.165, 1.54) is 19.3 Å². The minimum absolute atomic E-state index is 0.240. The largest absolute Gasteiger partial charge is 0.313 e. The summed E-state index contributed by atoms with van der Waals surface area (Å²) in [4.78, 5) is 0. The van der Waals surface area contributed by atoms with Gasteiger partial charge in [0.2, 0.25) is 0 Å². The van der Waals surface area contributed by atoms with Gasteiger partial charge in [0.1, 0.15) is 0 Å². The van der Waals surface area contributed by atoms with Crippen LogP contribution in [-0.4, -0.2) is 32.5 Å². The molecule has 76 valence electrons. The van der Waals surface area contributed by atoms with Gasteiger partial charge in [-0.05, 0) is 25.3 Å². The highest BCUT2D eigenvalue weighted by atomic mass is 32.2. The number of nitrogens with one attached hydrogen (secondary N) is 1. The molecule has 0 bridgehead atoms. The van der Waals surface area contributed by atoms with Crippen LogP contribution >= 0.6 is 0 Å². The van der Waals surface area contributed by atoms with E-state index in [0.29, 0.717) is 11.5 Å². The Morgan fingerprint density at radius 3 is 2.54 bits per heavy atom. The fraction of sp³-hybridized carbons (Fsp3) is 1.00. The molecule has 13 heavy (non-hydrogen) atoms. The lowest BCUT2D eigenvalue weighted by atomic mass is 10.2. The lowest BCUT2D eigenvalue weighted by molar-refractivity contribution is 0.527. The lowest BCUT2D eigenvalue weighted by Gasteiger charge is -2.09. The van der Waals surface area contributed by atoms with Crippen LogP contribution in [0.25, 0.3) is 0 Å². The van der Waals surface area contributed by atoms with Crippen LogP contribution in [0.1, 0.15) is 25.7 Å². The molecule has 1 heterocycles.